The van der Waals surface area contributed by atoms with Crippen molar-refractivity contribution in [2.24, 2.45) is 0 Å². The third-order valence-corrected chi connectivity index (χ3v) is 6.16. The maximum atomic E-state index is 13.5. The van der Waals surface area contributed by atoms with Gasteiger partial charge in [-0.2, -0.15) is 5.10 Å². The Kier molecular flexibility index (Phi) is 8.55. The van der Waals surface area contributed by atoms with Gasteiger partial charge in [-0.15, -0.1) is 11.3 Å². The van der Waals surface area contributed by atoms with Gasteiger partial charge in [0.1, 0.15) is 10.8 Å². The lowest BCUT2D eigenvalue weighted by molar-refractivity contribution is -0.386. The van der Waals surface area contributed by atoms with Crippen molar-refractivity contribution in [1.82, 2.24) is 14.7 Å². The highest BCUT2D eigenvalue weighted by atomic mass is 32.1. The molecule has 14 heteroatoms. The second-order valence-electron chi connectivity index (χ2n) is 7.93. The molecule has 0 fully saturated rings. The van der Waals surface area contributed by atoms with Gasteiger partial charge in [-0.3, -0.25) is 19.7 Å². The maximum Gasteiger partial charge on any atom is 0.341 e. The predicted molar refractivity (Wildman–Crippen MR) is 132 cm³/mol. The number of ether oxygens (including phenoxy) is 2. The summed E-state index contributed by atoms with van der Waals surface area (Å²) >= 11 is 0.945. The first-order chi connectivity index (χ1) is 17.5. The van der Waals surface area contributed by atoms with E-state index < -0.39 is 28.3 Å². The molecule has 12 nitrogen and oxygen atoms in total. The van der Waals surface area contributed by atoms with Crippen LogP contribution in [0, 0.1) is 22.9 Å². The molecular weight excluding hydrogens is 509 g/mol. The van der Waals surface area contributed by atoms with Crippen molar-refractivity contribution in [2.45, 2.75) is 27.0 Å². The fourth-order valence-electron chi connectivity index (χ4n) is 3.13. The van der Waals surface area contributed by atoms with E-state index in [9.17, 15) is 28.9 Å². The SMILES string of the molecule is CCCOC(=O)c1c(NC(=O)c2ccn(COc3cc(F)ccc3[N+](=O)[O-])n2)sc(C(=O)N(C)C)c1C. The summed E-state index contributed by atoms with van der Waals surface area (Å²) in [5.74, 6) is -2.69. The van der Waals surface area contributed by atoms with E-state index in [1.807, 2.05) is 6.92 Å². The summed E-state index contributed by atoms with van der Waals surface area (Å²) in [5, 5.41) is 17.9. The highest BCUT2D eigenvalue weighted by Crippen LogP contribution is 2.35. The standard InChI is InChI=1S/C23H24FN5O7S/c1-5-10-35-23(32)18-13(2)19(22(31)27(3)4)37-21(18)25-20(30)15-8-9-28(26-15)12-36-17-11-14(24)6-7-16(17)29(33)34/h6-9,11H,5,10,12H2,1-4H3,(H,25,30). The number of amides is 2. The number of benzene rings is 1. The van der Waals surface area contributed by atoms with Crippen LogP contribution in [0.5, 0.6) is 5.75 Å². The number of anilines is 1. The lowest BCUT2D eigenvalue weighted by Crippen LogP contribution is -2.21. The fraction of sp³-hybridized carbons (Fsp3) is 0.304. The second kappa shape index (κ2) is 11.6. The number of hydrogen-bond acceptors (Lipinski definition) is 9. The molecule has 0 bridgehead atoms. The number of esters is 1. The van der Waals surface area contributed by atoms with E-state index in [4.69, 9.17) is 9.47 Å². The number of nitro groups is 1. The molecular formula is C23H24FN5O7S. The summed E-state index contributed by atoms with van der Waals surface area (Å²) < 4.78 is 25.2. The number of thiophene rings is 1. The summed E-state index contributed by atoms with van der Waals surface area (Å²) in [7, 11) is 3.14. The third-order valence-electron chi connectivity index (χ3n) is 4.96. The Labute approximate surface area is 214 Å². The molecule has 0 saturated heterocycles. The van der Waals surface area contributed by atoms with Crippen LogP contribution in [0.4, 0.5) is 15.1 Å². The Morgan fingerprint density at radius 2 is 2.00 bits per heavy atom. The van der Waals surface area contributed by atoms with Crippen molar-refractivity contribution >= 4 is 39.8 Å². The van der Waals surface area contributed by atoms with Gasteiger partial charge >= 0.3 is 11.7 Å². The highest BCUT2D eigenvalue weighted by Gasteiger charge is 2.28. The minimum Gasteiger partial charge on any atom is -0.464 e. The molecule has 2 aromatic heterocycles. The van der Waals surface area contributed by atoms with Crippen molar-refractivity contribution in [3.63, 3.8) is 0 Å². The van der Waals surface area contributed by atoms with E-state index in [-0.39, 0.29) is 46.1 Å². The molecule has 2 heterocycles. The molecule has 1 N–H and O–H groups in total. The van der Waals surface area contributed by atoms with Crippen LogP contribution in [-0.2, 0) is 11.5 Å². The Morgan fingerprint density at radius 3 is 2.65 bits per heavy atom. The van der Waals surface area contributed by atoms with Crippen LogP contribution in [-0.4, -0.2) is 58.1 Å². The number of carbonyl (C=O) groups excluding carboxylic acids is 3. The van der Waals surface area contributed by atoms with Gasteiger partial charge in [0.25, 0.3) is 11.8 Å². The summed E-state index contributed by atoms with van der Waals surface area (Å²) in [6, 6.07) is 4.16. The molecule has 0 saturated carbocycles. The second-order valence-corrected chi connectivity index (χ2v) is 8.95. The lowest BCUT2D eigenvalue weighted by atomic mass is 10.1. The number of rotatable bonds is 10. The van der Waals surface area contributed by atoms with Crippen LogP contribution in [0.1, 0.15) is 49.4 Å². The molecule has 0 radical (unpaired) electrons. The van der Waals surface area contributed by atoms with Crippen molar-refractivity contribution < 1.29 is 33.2 Å². The maximum absolute atomic E-state index is 13.5. The van der Waals surface area contributed by atoms with Gasteiger partial charge in [0.05, 0.1) is 22.0 Å². The molecule has 0 aliphatic rings. The van der Waals surface area contributed by atoms with Crippen LogP contribution in [0.3, 0.4) is 0 Å². The van der Waals surface area contributed by atoms with E-state index in [0.29, 0.717) is 12.0 Å². The van der Waals surface area contributed by atoms with Crippen molar-refractivity contribution in [1.29, 1.82) is 0 Å². The molecule has 3 rings (SSSR count). The van der Waals surface area contributed by atoms with Gasteiger partial charge in [-0.05, 0) is 31.0 Å². The van der Waals surface area contributed by atoms with E-state index in [1.165, 1.54) is 21.8 Å². The summed E-state index contributed by atoms with van der Waals surface area (Å²) in [4.78, 5) is 50.2. The topological polar surface area (TPSA) is 146 Å². The normalized spacial score (nSPS) is 10.6. The monoisotopic (exact) mass is 533 g/mol. The van der Waals surface area contributed by atoms with Crippen molar-refractivity contribution in [2.75, 3.05) is 26.0 Å². The molecule has 0 atom stereocenters. The molecule has 0 aliphatic heterocycles. The first-order valence-electron chi connectivity index (χ1n) is 11.0. The van der Waals surface area contributed by atoms with Crippen LogP contribution in [0.15, 0.2) is 30.5 Å². The number of nitrogens with one attached hydrogen (secondary N) is 1. The number of nitrogens with zero attached hydrogens (tertiary/aromatic N) is 4. The smallest absolute Gasteiger partial charge is 0.341 e. The van der Waals surface area contributed by atoms with Crippen LogP contribution in [0.25, 0.3) is 0 Å². The van der Waals surface area contributed by atoms with Gasteiger partial charge in [0, 0.05) is 32.4 Å². The summed E-state index contributed by atoms with van der Waals surface area (Å²) in [6.07, 6.45) is 1.98. The Morgan fingerprint density at radius 1 is 1.27 bits per heavy atom. The van der Waals surface area contributed by atoms with Gasteiger partial charge in [-0.1, -0.05) is 6.92 Å². The van der Waals surface area contributed by atoms with Gasteiger partial charge in [0.15, 0.2) is 12.4 Å². The average molecular weight is 534 g/mol. The quantitative estimate of drug-likeness (QED) is 0.235. The van der Waals surface area contributed by atoms with E-state index in [2.05, 4.69) is 10.4 Å². The summed E-state index contributed by atoms with van der Waals surface area (Å²) in [6.45, 7) is 3.27. The van der Waals surface area contributed by atoms with Crippen LogP contribution < -0.4 is 10.1 Å². The molecule has 3 aromatic rings. The zero-order valence-corrected chi connectivity index (χ0v) is 21.3. The zero-order chi connectivity index (χ0) is 27.3. The first-order valence-corrected chi connectivity index (χ1v) is 11.8. The molecule has 2 amide bonds. The van der Waals surface area contributed by atoms with Gasteiger partial charge in [0.2, 0.25) is 5.75 Å². The van der Waals surface area contributed by atoms with E-state index in [0.717, 1.165) is 29.5 Å². The number of aromatic nitrogens is 2. The Bertz CT molecular complexity index is 1350. The third kappa shape index (κ3) is 6.27. The molecule has 1 aromatic carbocycles. The van der Waals surface area contributed by atoms with Gasteiger partial charge in [-0.25, -0.2) is 13.9 Å². The number of halogens is 1. The largest absolute Gasteiger partial charge is 0.464 e. The van der Waals surface area contributed by atoms with Crippen molar-refractivity contribution in [3.05, 3.63) is 68.1 Å². The van der Waals surface area contributed by atoms with E-state index >= 15 is 0 Å². The van der Waals surface area contributed by atoms with E-state index in [1.54, 1.807) is 21.0 Å². The number of nitro benzene ring substituents is 1. The Balaban J connectivity index is 1.80. The van der Waals surface area contributed by atoms with Crippen LogP contribution >= 0.6 is 11.3 Å². The fourth-order valence-corrected chi connectivity index (χ4v) is 4.34. The summed E-state index contributed by atoms with van der Waals surface area (Å²) in [5.41, 5.74) is -0.0178. The van der Waals surface area contributed by atoms with Crippen LogP contribution in [0.2, 0.25) is 0 Å². The number of carbonyl (C=O) groups is 3. The molecule has 196 valence electrons. The number of hydrogen-bond donors (Lipinski definition) is 1. The minimum absolute atomic E-state index is 0.0586. The average Bonchev–Trinajstić information content (AvgIpc) is 3.45. The molecule has 0 spiro atoms. The first kappa shape index (κ1) is 27.3. The predicted octanol–water partition coefficient (Wildman–Crippen LogP) is 3.86. The Hall–Kier alpha value is -4.33. The molecule has 0 aliphatic carbocycles. The molecule has 37 heavy (non-hydrogen) atoms. The lowest BCUT2D eigenvalue weighted by Gasteiger charge is -2.09. The minimum atomic E-state index is -0.715. The zero-order valence-electron chi connectivity index (χ0n) is 20.4. The van der Waals surface area contributed by atoms with Crippen molar-refractivity contribution in [3.8, 4) is 5.75 Å². The highest BCUT2D eigenvalue weighted by molar-refractivity contribution is 7.18. The molecule has 0 unspecified atom stereocenters. The van der Waals surface area contributed by atoms with Gasteiger partial charge < -0.3 is 19.7 Å².